The summed E-state index contributed by atoms with van der Waals surface area (Å²) < 4.78 is 34.2. The van der Waals surface area contributed by atoms with Crippen molar-refractivity contribution in [3.8, 4) is 11.4 Å². The van der Waals surface area contributed by atoms with E-state index in [1.54, 1.807) is 19.9 Å². The third-order valence-electron chi connectivity index (χ3n) is 3.90. The zero-order valence-electron chi connectivity index (χ0n) is 15.6. The Balaban J connectivity index is 0.00000182. The van der Waals surface area contributed by atoms with E-state index in [0.717, 1.165) is 4.57 Å². The molecule has 11 heteroatoms. The summed E-state index contributed by atoms with van der Waals surface area (Å²) in [5.74, 6) is 0.230. The molecule has 3 aromatic rings. The normalized spacial score (nSPS) is 11.5. The molecule has 2 heterocycles. The number of hydrogen-bond donors (Lipinski definition) is 2. The monoisotopic (exact) mass is 404 g/mol. The van der Waals surface area contributed by atoms with E-state index in [1.807, 2.05) is 0 Å². The van der Waals surface area contributed by atoms with E-state index in [1.165, 1.54) is 22.8 Å². The summed E-state index contributed by atoms with van der Waals surface area (Å²) in [5.41, 5.74) is -0.210. The Labute approximate surface area is 192 Å². The summed E-state index contributed by atoms with van der Waals surface area (Å²) >= 11 is 0. The molecular weight excluding hydrogens is 387 g/mol. The summed E-state index contributed by atoms with van der Waals surface area (Å²) in [6.45, 7) is 4.01. The second-order valence-corrected chi connectivity index (χ2v) is 6.78. The molecule has 1 aromatic carbocycles. The van der Waals surface area contributed by atoms with Crippen LogP contribution in [-0.2, 0) is 23.2 Å². The number of benzene rings is 1. The maximum absolute atomic E-state index is 12.5. The Morgan fingerprint density at radius 3 is 2.42 bits per heavy atom. The molecule has 0 radical (unpaired) electrons. The number of aromatic nitrogens is 4. The van der Waals surface area contributed by atoms with E-state index in [4.69, 9.17) is 0 Å². The van der Waals surface area contributed by atoms with Crippen LogP contribution >= 0.6 is 0 Å². The number of nitrogens with one attached hydrogen (secondary N) is 1. The van der Waals surface area contributed by atoms with E-state index in [2.05, 4.69) is 9.97 Å². The van der Waals surface area contributed by atoms with Crippen molar-refractivity contribution in [3.63, 3.8) is 0 Å². The van der Waals surface area contributed by atoms with Gasteiger partial charge in [-0.1, -0.05) is 12.1 Å². The standard InChI is InChI=1S/C15H16N4O5S.K.H/c1-3-18-13-11(14(20)19(4-2)15(18)21)16-12(17-13)9-6-5-7-10(8-9)25(22,23)24;;/h5-8H,3-4H2,1-2H3,(H,16,17)(H,22,23,24);;/q;+1;-1. The van der Waals surface area contributed by atoms with Crippen LogP contribution in [0.25, 0.3) is 22.6 Å². The van der Waals surface area contributed by atoms with Gasteiger partial charge in [-0.3, -0.25) is 18.5 Å². The molecule has 2 N–H and O–H groups in total. The minimum absolute atomic E-state index is 0. The van der Waals surface area contributed by atoms with Crippen molar-refractivity contribution in [2.75, 3.05) is 0 Å². The van der Waals surface area contributed by atoms with E-state index in [9.17, 15) is 22.6 Å². The first-order valence-corrected chi connectivity index (χ1v) is 9.03. The zero-order valence-corrected chi connectivity index (χ0v) is 18.5. The Hall–Kier alpha value is -1.08. The number of hydrogen-bond acceptors (Lipinski definition) is 5. The molecule has 0 aliphatic rings. The molecule has 9 nitrogen and oxygen atoms in total. The summed E-state index contributed by atoms with van der Waals surface area (Å²) in [6, 6.07) is 5.51. The van der Waals surface area contributed by atoms with Gasteiger partial charge in [0, 0.05) is 18.7 Å². The second kappa shape index (κ2) is 7.88. The number of aryl methyl sites for hydroxylation is 1. The smallest absolute Gasteiger partial charge is 1.00 e. The van der Waals surface area contributed by atoms with Crippen molar-refractivity contribution in [3.05, 3.63) is 45.1 Å². The predicted octanol–water partition coefficient (Wildman–Crippen LogP) is -2.04. The molecule has 0 bridgehead atoms. The summed E-state index contributed by atoms with van der Waals surface area (Å²) in [6.07, 6.45) is 0. The maximum atomic E-state index is 12.5. The number of H-pyrrole nitrogens is 1. The molecule has 26 heavy (non-hydrogen) atoms. The van der Waals surface area contributed by atoms with Gasteiger partial charge in [0.25, 0.3) is 15.7 Å². The molecule has 0 unspecified atom stereocenters. The maximum Gasteiger partial charge on any atom is 1.00 e. The van der Waals surface area contributed by atoms with E-state index < -0.39 is 21.4 Å². The minimum atomic E-state index is -4.36. The largest absolute Gasteiger partial charge is 1.00 e. The Morgan fingerprint density at radius 2 is 1.85 bits per heavy atom. The van der Waals surface area contributed by atoms with Crippen LogP contribution in [-0.4, -0.2) is 32.1 Å². The van der Waals surface area contributed by atoms with Gasteiger partial charge in [-0.2, -0.15) is 8.42 Å². The molecule has 0 amide bonds. The fourth-order valence-electron chi connectivity index (χ4n) is 2.67. The average molecular weight is 404 g/mol. The number of fused-ring (bicyclic) bond motifs is 1. The number of rotatable bonds is 4. The van der Waals surface area contributed by atoms with E-state index >= 15 is 0 Å². The van der Waals surface area contributed by atoms with Crippen LogP contribution in [0.2, 0.25) is 0 Å². The Morgan fingerprint density at radius 1 is 1.19 bits per heavy atom. The number of aromatic amines is 1. The molecule has 0 fully saturated rings. The van der Waals surface area contributed by atoms with Crippen molar-refractivity contribution >= 4 is 21.3 Å². The van der Waals surface area contributed by atoms with Gasteiger partial charge in [0.15, 0.2) is 5.65 Å². The summed E-state index contributed by atoms with van der Waals surface area (Å²) in [5, 5.41) is 0. The molecule has 0 aliphatic carbocycles. The Kier molecular flexibility index (Phi) is 6.43. The molecule has 2 aromatic heterocycles. The first-order valence-electron chi connectivity index (χ1n) is 7.59. The molecule has 0 atom stereocenters. The number of imidazole rings is 1. The van der Waals surface area contributed by atoms with Crippen LogP contribution in [0, 0.1) is 0 Å². The fraction of sp³-hybridized carbons (Fsp3) is 0.267. The second-order valence-electron chi connectivity index (χ2n) is 5.36. The van der Waals surface area contributed by atoms with Crippen LogP contribution in [0.4, 0.5) is 0 Å². The third-order valence-corrected chi connectivity index (χ3v) is 4.75. The van der Waals surface area contributed by atoms with Gasteiger partial charge in [-0.25, -0.2) is 9.78 Å². The number of nitrogens with zero attached hydrogens (tertiary/aromatic N) is 3. The van der Waals surface area contributed by atoms with Crippen molar-refractivity contribution in [2.45, 2.75) is 31.8 Å². The topological polar surface area (TPSA) is 127 Å². The van der Waals surface area contributed by atoms with Crippen LogP contribution in [0.15, 0.2) is 38.8 Å². The zero-order chi connectivity index (χ0) is 18.4. The summed E-state index contributed by atoms with van der Waals surface area (Å²) in [4.78, 5) is 31.7. The van der Waals surface area contributed by atoms with Crippen LogP contribution in [0.5, 0.6) is 0 Å². The minimum Gasteiger partial charge on any atom is -1.00 e. The van der Waals surface area contributed by atoms with Gasteiger partial charge in [0.2, 0.25) is 0 Å². The third kappa shape index (κ3) is 3.65. The van der Waals surface area contributed by atoms with Crippen LogP contribution in [0.1, 0.15) is 15.3 Å². The van der Waals surface area contributed by atoms with Gasteiger partial charge < -0.3 is 6.41 Å². The summed E-state index contributed by atoms with van der Waals surface area (Å²) in [7, 11) is -4.36. The molecule has 3 rings (SSSR count). The fourth-order valence-corrected chi connectivity index (χ4v) is 3.20. The molecular formula is C15H17KN4O5S. The molecule has 0 aliphatic heterocycles. The van der Waals surface area contributed by atoms with Gasteiger partial charge in [-0.05, 0) is 26.0 Å². The van der Waals surface area contributed by atoms with Crippen molar-refractivity contribution < 1.29 is 65.8 Å². The SMILES string of the molecule is CCn1c(=O)c2[nH]c(-c3cccc(S(=O)(=O)O)c3)nc2n(CC)c1=O.[H-].[K+]. The Bertz CT molecular complexity index is 1200. The average Bonchev–Trinajstić information content (AvgIpc) is 3.00. The van der Waals surface area contributed by atoms with Gasteiger partial charge in [0.05, 0.1) is 4.90 Å². The first-order chi connectivity index (χ1) is 11.8. The van der Waals surface area contributed by atoms with Crippen LogP contribution < -0.4 is 62.6 Å². The molecule has 0 saturated carbocycles. The first kappa shape index (κ1) is 21.2. The van der Waals surface area contributed by atoms with Crippen molar-refractivity contribution in [1.82, 2.24) is 19.1 Å². The van der Waals surface area contributed by atoms with Gasteiger partial charge in [0.1, 0.15) is 11.3 Å². The molecule has 0 saturated heterocycles. The van der Waals surface area contributed by atoms with Crippen LogP contribution in [0.3, 0.4) is 0 Å². The predicted molar refractivity (Wildman–Crippen MR) is 92.3 cm³/mol. The molecule has 0 spiro atoms. The molecule has 134 valence electrons. The van der Waals surface area contributed by atoms with Crippen molar-refractivity contribution in [1.29, 1.82) is 0 Å². The van der Waals surface area contributed by atoms with Gasteiger partial charge in [-0.15, -0.1) is 0 Å². The quantitative estimate of drug-likeness (QED) is 0.381. The van der Waals surface area contributed by atoms with E-state index in [0.29, 0.717) is 12.1 Å². The van der Waals surface area contributed by atoms with E-state index in [-0.39, 0.29) is 81.2 Å². The van der Waals surface area contributed by atoms with Crippen molar-refractivity contribution in [2.24, 2.45) is 0 Å². The van der Waals surface area contributed by atoms with Gasteiger partial charge >= 0.3 is 57.1 Å².